The van der Waals surface area contributed by atoms with E-state index in [1.807, 2.05) is 6.92 Å². The average molecular weight is 290 g/mol. The van der Waals surface area contributed by atoms with Crippen molar-refractivity contribution in [2.24, 2.45) is 5.92 Å². The molecule has 0 aromatic heterocycles. The Bertz CT molecular complexity index is 542. The van der Waals surface area contributed by atoms with E-state index >= 15 is 0 Å². The molecule has 0 spiro atoms. The molecule has 1 amide bonds. The van der Waals surface area contributed by atoms with Crippen molar-refractivity contribution >= 4 is 17.6 Å². The van der Waals surface area contributed by atoms with Crippen molar-refractivity contribution in [1.29, 1.82) is 0 Å². The highest BCUT2D eigenvalue weighted by Crippen LogP contribution is 2.21. The number of carbonyl (C=O) groups is 2. The Morgan fingerprint density at radius 2 is 2.14 bits per heavy atom. The first-order valence-corrected chi connectivity index (χ1v) is 7.24. The van der Waals surface area contributed by atoms with Crippen LogP contribution in [0.3, 0.4) is 0 Å². The maximum Gasteiger partial charge on any atom is 0.337 e. The molecule has 1 aromatic carbocycles. The Morgan fingerprint density at radius 1 is 1.38 bits per heavy atom. The molecule has 2 atom stereocenters. The number of hydrogen-bond donors (Lipinski definition) is 2. The molecule has 5 heteroatoms. The van der Waals surface area contributed by atoms with Crippen LogP contribution in [0.2, 0.25) is 0 Å². The highest BCUT2D eigenvalue weighted by Gasteiger charge is 2.25. The van der Waals surface area contributed by atoms with Gasteiger partial charge in [0.25, 0.3) is 0 Å². The molecule has 1 heterocycles. The number of aryl methyl sites for hydroxylation is 1. The van der Waals surface area contributed by atoms with Gasteiger partial charge in [-0.3, -0.25) is 4.79 Å². The third kappa shape index (κ3) is 3.82. The summed E-state index contributed by atoms with van der Waals surface area (Å²) >= 11 is 0. The number of anilines is 1. The van der Waals surface area contributed by atoms with Gasteiger partial charge >= 0.3 is 5.97 Å². The van der Waals surface area contributed by atoms with Crippen LogP contribution in [-0.4, -0.2) is 31.6 Å². The zero-order valence-electron chi connectivity index (χ0n) is 12.7. The van der Waals surface area contributed by atoms with Crippen molar-refractivity contribution in [3.05, 3.63) is 29.3 Å². The highest BCUT2D eigenvalue weighted by atomic mass is 16.5. The van der Waals surface area contributed by atoms with Gasteiger partial charge in [0, 0.05) is 17.6 Å². The van der Waals surface area contributed by atoms with Crippen molar-refractivity contribution < 1.29 is 14.3 Å². The summed E-state index contributed by atoms with van der Waals surface area (Å²) < 4.78 is 4.69. The lowest BCUT2D eigenvalue weighted by Crippen LogP contribution is -2.40. The van der Waals surface area contributed by atoms with E-state index in [4.69, 9.17) is 0 Å². The second kappa shape index (κ2) is 6.72. The van der Waals surface area contributed by atoms with E-state index in [0.29, 0.717) is 11.6 Å². The minimum atomic E-state index is -0.372. The second-order valence-electron chi connectivity index (χ2n) is 5.59. The Balaban J connectivity index is 2.05. The summed E-state index contributed by atoms with van der Waals surface area (Å²) in [5, 5.41) is 6.30. The zero-order chi connectivity index (χ0) is 15.4. The standard InChI is InChI=1S/C16H22N2O3/c1-10-8-13(16(20)21-3)4-5-14(10)18-15(19)12-6-7-17-11(2)9-12/h4-5,8,11-12,17H,6-7,9H2,1-3H3,(H,18,19). The van der Waals surface area contributed by atoms with E-state index < -0.39 is 0 Å². The van der Waals surface area contributed by atoms with Gasteiger partial charge in [0.2, 0.25) is 5.91 Å². The van der Waals surface area contributed by atoms with Crippen LogP contribution in [0.25, 0.3) is 0 Å². The van der Waals surface area contributed by atoms with Gasteiger partial charge in [-0.2, -0.15) is 0 Å². The number of benzene rings is 1. The van der Waals surface area contributed by atoms with Crippen molar-refractivity contribution in [2.45, 2.75) is 32.7 Å². The molecular weight excluding hydrogens is 268 g/mol. The number of carbonyl (C=O) groups excluding carboxylic acids is 2. The van der Waals surface area contributed by atoms with Crippen LogP contribution in [0.1, 0.15) is 35.7 Å². The fraction of sp³-hybridized carbons (Fsp3) is 0.500. The summed E-state index contributed by atoms with van der Waals surface area (Å²) in [6, 6.07) is 5.52. The van der Waals surface area contributed by atoms with Gasteiger partial charge in [-0.1, -0.05) is 0 Å². The van der Waals surface area contributed by atoms with Gasteiger partial charge in [0.05, 0.1) is 12.7 Å². The SMILES string of the molecule is COC(=O)c1ccc(NC(=O)C2CCNC(C)C2)c(C)c1. The molecular formula is C16H22N2O3. The molecule has 1 aromatic rings. The summed E-state index contributed by atoms with van der Waals surface area (Å²) in [4.78, 5) is 23.8. The molecule has 1 aliphatic rings. The number of hydrogen-bond acceptors (Lipinski definition) is 4. The Morgan fingerprint density at radius 3 is 2.76 bits per heavy atom. The first-order chi connectivity index (χ1) is 10.0. The summed E-state index contributed by atoms with van der Waals surface area (Å²) in [7, 11) is 1.35. The van der Waals surface area contributed by atoms with Crippen LogP contribution in [0.15, 0.2) is 18.2 Å². The normalized spacial score (nSPS) is 21.7. The van der Waals surface area contributed by atoms with E-state index in [-0.39, 0.29) is 17.8 Å². The van der Waals surface area contributed by atoms with E-state index in [2.05, 4.69) is 22.3 Å². The number of nitrogens with one attached hydrogen (secondary N) is 2. The van der Waals surface area contributed by atoms with Gasteiger partial charge in [0.15, 0.2) is 0 Å². The second-order valence-corrected chi connectivity index (χ2v) is 5.59. The molecule has 0 saturated carbocycles. The number of rotatable bonds is 3. The third-order valence-corrected chi connectivity index (χ3v) is 3.90. The molecule has 2 rings (SSSR count). The van der Waals surface area contributed by atoms with Gasteiger partial charge in [0.1, 0.15) is 0 Å². The number of amides is 1. The monoisotopic (exact) mass is 290 g/mol. The van der Waals surface area contributed by atoms with E-state index in [9.17, 15) is 9.59 Å². The lowest BCUT2D eigenvalue weighted by Gasteiger charge is -2.27. The molecule has 0 aliphatic carbocycles. The molecule has 21 heavy (non-hydrogen) atoms. The molecule has 1 fully saturated rings. The molecule has 2 unspecified atom stereocenters. The molecule has 114 valence electrons. The minimum absolute atomic E-state index is 0.0425. The van der Waals surface area contributed by atoms with Crippen LogP contribution in [-0.2, 0) is 9.53 Å². The number of methoxy groups -OCH3 is 1. The Hall–Kier alpha value is -1.88. The van der Waals surface area contributed by atoms with E-state index in [1.54, 1.807) is 18.2 Å². The maximum atomic E-state index is 12.3. The van der Waals surface area contributed by atoms with Crippen molar-refractivity contribution in [2.75, 3.05) is 19.0 Å². The summed E-state index contributed by atoms with van der Waals surface area (Å²) in [5.74, 6) is -0.277. The van der Waals surface area contributed by atoms with Crippen molar-refractivity contribution in [3.63, 3.8) is 0 Å². The predicted molar refractivity (Wildman–Crippen MR) is 81.3 cm³/mol. The molecule has 5 nitrogen and oxygen atoms in total. The molecule has 0 radical (unpaired) electrons. The number of ether oxygens (including phenoxy) is 1. The predicted octanol–water partition coefficient (Wildman–Crippen LogP) is 2.11. The summed E-state index contributed by atoms with van der Waals surface area (Å²) in [6.07, 6.45) is 1.71. The first kappa shape index (κ1) is 15.5. The quantitative estimate of drug-likeness (QED) is 0.837. The zero-order valence-corrected chi connectivity index (χ0v) is 12.7. The lowest BCUT2D eigenvalue weighted by atomic mass is 9.92. The van der Waals surface area contributed by atoms with Crippen LogP contribution in [0.4, 0.5) is 5.69 Å². The Labute approximate surface area is 125 Å². The maximum absolute atomic E-state index is 12.3. The minimum Gasteiger partial charge on any atom is -0.465 e. The average Bonchev–Trinajstić information content (AvgIpc) is 2.48. The van der Waals surface area contributed by atoms with Gasteiger partial charge < -0.3 is 15.4 Å². The molecule has 1 aliphatic heterocycles. The fourth-order valence-electron chi connectivity index (χ4n) is 2.65. The summed E-state index contributed by atoms with van der Waals surface area (Å²) in [5.41, 5.74) is 2.09. The Kier molecular flexibility index (Phi) is 4.96. The van der Waals surface area contributed by atoms with Gasteiger partial charge in [-0.05, 0) is 57.0 Å². The van der Waals surface area contributed by atoms with Gasteiger partial charge in [-0.15, -0.1) is 0 Å². The smallest absolute Gasteiger partial charge is 0.337 e. The highest BCUT2D eigenvalue weighted by molar-refractivity contribution is 5.95. The van der Waals surface area contributed by atoms with Crippen LogP contribution in [0.5, 0.6) is 0 Å². The third-order valence-electron chi connectivity index (χ3n) is 3.90. The number of esters is 1. The molecule has 0 bridgehead atoms. The largest absolute Gasteiger partial charge is 0.465 e. The van der Waals surface area contributed by atoms with Crippen LogP contribution >= 0.6 is 0 Å². The molecule has 1 saturated heterocycles. The fourth-order valence-corrected chi connectivity index (χ4v) is 2.65. The first-order valence-electron chi connectivity index (χ1n) is 7.24. The van der Waals surface area contributed by atoms with Crippen LogP contribution in [0, 0.1) is 12.8 Å². The molecule has 2 N–H and O–H groups in total. The van der Waals surface area contributed by atoms with Crippen molar-refractivity contribution in [3.8, 4) is 0 Å². The summed E-state index contributed by atoms with van der Waals surface area (Å²) in [6.45, 7) is 4.84. The topological polar surface area (TPSA) is 67.4 Å². The van der Waals surface area contributed by atoms with E-state index in [0.717, 1.165) is 30.6 Å². The van der Waals surface area contributed by atoms with E-state index in [1.165, 1.54) is 7.11 Å². The van der Waals surface area contributed by atoms with Crippen LogP contribution < -0.4 is 10.6 Å². The van der Waals surface area contributed by atoms with Crippen molar-refractivity contribution in [1.82, 2.24) is 5.32 Å². The van der Waals surface area contributed by atoms with Gasteiger partial charge in [-0.25, -0.2) is 4.79 Å². The lowest BCUT2D eigenvalue weighted by molar-refractivity contribution is -0.120. The number of piperidine rings is 1.